The van der Waals surface area contributed by atoms with Crippen LogP contribution < -0.4 is 5.32 Å². The Bertz CT molecular complexity index is 433. The summed E-state index contributed by atoms with van der Waals surface area (Å²) in [5, 5.41) is 3.19. The van der Waals surface area contributed by atoms with Crippen LogP contribution in [0.1, 0.15) is 30.4 Å². The molecule has 1 aliphatic rings. The maximum Gasteiger partial charge on any atom is 0.416 e. The molecule has 1 aromatic rings. The van der Waals surface area contributed by atoms with E-state index in [4.69, 9.17) is 0 Å². The maximum atomic E-state index is 13.8. The summed E-state index contributed by atoms with van der Waals surface area (Å²) in [5.41, 5.74) is -0.526. The smallest absolute Gasteiger partial charge is 0.316 e. The number of piperidine rings is 1. The number of benzene rings is 1. The van der Waals surface area contributed by atoms with Crippen molar-refractivity contribution >= 4 is 12.4 Å². The summed E-state index contributed by atoms with van der Waals surface area (Å²) < 4.78 is 51.1. The van der Waals surface area contributed by atoms with Gasteiger partial charge in [-0.1, -0.05) is 13.0 Å². The first kappa shape index (κ1) is 16.2. The number of hydrogen-bond acceptors (Lipinski definition) is 1. The Morgan fingerprint density at radius 2 is 1.95 bits per heavy atom. The number of nitrogens with one attached hydrogen (secondary N) is 1. The van der Waals surface area contributed by atoms with Gasteiger partial charge in [0.25, 0.3) is 0 Å². The van der Waals surface area contributed by atoms with Gasteiger partial charge in [-0.25, -0.2) is 4.39 Å². The summed E-state index contributed by atoms with van der Waals surface area (Å²) in [6.45, 7) is 3.52. The zero-order chi connectivity index (χ0) is 13.3. The molecule has 0 amide bonds. The molecule has 1 N–H and O–H groups in total. The van der Waals surface area contributed by atoms with Crippen LogP contribution in [0.3, 0.4) is 0 Å². The molecule has 0 bridgehead atoms. The van der Waals surface area contributed by atoms with Crippen LogP contribution in [-0.4, -0.2) is 13.1 Å². The molecule has 2 rings (SSSR count). The summed E-state index contributed by atoms with van der Waals surface area (Å²) in [6, 6.07) is 2.85. The molecule has 108 valence electrons. The van der Waals surface area contributed by atoms with Gasteiger partial charge in [-0.15, -0.1) is 12.4 Å². The second kappa shape index (κ2) is 6.09. The van der Waals surface area contributed by atoms with Crippen molar-refractivity contribution in [1.29, 1.82) is 0 Å². The van der Waals surface area contributed by atoms with Crippen LogP contribution >= 0.6 is 12.4 Å². The lowest BCUT2D eigenvalue weighted by molar-refractivity contribution is -0.137. The average Bonchev–Trinajstić information content (AvgIpc) is 2.29. The second-order valence-corrected chi connectivity index (χ2v) is 4.81. The summed E-state index contributed by atoms with van der Waals surface area (Å²) >= 11 is 0. The zero-order valence-electron chi connectivity index (χ0n) is 10.4. The Morgan fingerprint density at radius 1 is 1.26 bits per heavy atom. The second-order valence-electron chi connectivity index (χ2n) is 4.81. The molecule has 2 unspecified atom stereocenters. The van der Waals surface area contributed by atoms with Gasteiger partial charge in [0.2, 0.25) is 0 Å². The first-order valence-corrected chi connectivity index (χ1v) is 5.97. The van der Waals surface area contributed by atoms with Gasteiger partial charge in [-0.2, -0.15) is 13.2 Å². The van der Waals surface area contributed by atoms with E-state index in [1.807, 2.05) is 6.92 Å². The SMILES string of the molecule is CC1CNCCC1c1ccc(C(F)(F)F)cc1F.Cl. The fraction of sp³-hybridized carbons (Fsp3) is 0.538. The first-order valence-electron chi connectivity index (χ1n) is 5.97. The van der Waals surface area contributed by atoms with E-state index in [0.29, 0.717) is 11.6 Å². The van der Waals surface area contributed by atoms with Crippen LogP contribution in [0.5, 0.6) is 0 Å². The Hall–Kier alpha value is -0.810. The normalized spacial score (nSPS) is 23.8. The molecule has 0 spiro atoms. The van der Waals surface area contributed by atoms with Crippen molar-refractivity contribution in [3.8, 4) is 0 Å². The minimum Gasteiger partial charge on any atom is -0.316 e. The highest BCUT2D eigenvalue weighted by atomic mass is 35.5. The van der Waals surface area contributed by atoms with Crippen LogP contribution in [-0.2, 0) is 6.18 Å². The monoisotopic (exact) mass is 297 g/mol. The zero-order valence-corrected chi connectivity index (χ0v) is 11.2. The van der Waals surface area contributed by atoms with Gasteiger partial charge in [0.1, 0.15) is 5.82 Å². The van der Waals surface area contributed by atoms with Gasteiger partial charge in [0, 0.05) is 0 Å². The third-order valence-electron chi connectivity index (χ3n) is 3.51. The van der Waals surface area contributed by atoms with Crippen molar-refractivity contribution in [2.75, 3.05) is 13.1 Å². The van der Waals surface area contributed by atoms with E-state index in [-0.39, 0.29) is 24.2 Å². The molecule has 1 aliphatic heterocycles. The van der Waals surface area contributed by atoms with E-state index in [0.717, 1.165) is 25.6 Å². The van der Waals surface area contributed by atoms with E-state index < -0.39 is 17.6 Å². The summed E-state index contributed by atoms with van der Waals surface area (Å²) in [7, 11) is 0. The molecule has 0 aliphatic carbocycles. The van der Waals surface area contributed by atoms with Crippen LogP contribution in [0.15, 0.2) is 18.2 Å². The highest BCUT2D eigenvalue weighted by Crippen LogP contribution is 2.35. The van der Waals surface area contributed by atoms with E-state index >= 15 is 0 Å². The minimum absolute atomic E-state index is 0. The fourth-order valence-electron chi connectivity index (χ4n) is 2.48. The molecule has 0 aromatic heterocycles. The Kier molecular flexibility index (Phi) is 5.21. The largest absolute Gasteiger partial charge is 0.416 e. The molecule has 1 fully saturated rings. The van der Waals surface area contributed by atoms with Gasteiger partial charge in [-0.3, -0.25) is 0 Å². The quantitative estimate of drug-likeness (QED) is 0.773. The topological polar surface area (TPSA) is 12.0 Å². The third kappa shape index (κ3) is 3.60. The van der Waals surface area contributed by atoms with Crippen LogP contribution in [0.2, 0.25) is 0 Å². The Morgan fingerprint density at radius 3 is 2.47 bits per heavy atom. The highest BCUT2D eigenvalue weighted by molar-refractivity contribution is 5.85. The molecule has 6 heteroatoms. The Labute approximate surface area is 115 Å². The van der Waals surface area contributed by atoms with Crippen molar-refractivity contribution in [3.05, 3.63) is 35.1 Å². The van der Waals surface area contributed by atoms with Gasteiger partial charge < -0.3 is 5.32 Å². The van der Waals surface area contributed by atoms with Gasteiger partial charge >= 0.3 is 6.18 Å². The molecule has 0 saturated carbocycles. The van der Waals surface area contributed by atoms with E-state index in [2.05, 4.69) is 5.32 Å². The molecule has 1 heterocycles. The van der Waals surface area contributed by atoms with Crippen molar-refractivity contribution < 1.29 is 17.6 Å². The van der Waals surface area contributed by atoms with Crippen LogP contribution in [0.25, 0.3) is 0 Å². The predicted octanol–water partition coefficient (Wildman–Crippen LogP) is 3.98. The molecule has 1 saturated heterocycles. The van der Waals surface area contributed by atoms with Crippen LogP contribution in [0.4, 0.5) is 17.6 Å². The maximum absolute atomic E-state index is 13.8. The van der Waals surface area contributed by atoms with Crippen molar-refractivity contribution in [2.45, 2.75) is 25.4 Å². The Balaban J connectivity index is 0.00000180. The number of hydrogen-bond donors (Lipinski definition) is 1. The number of rotatable bonds is 1. The standard InChI is InChI=1S/C13H15F4N.ClH/c1-8-7-18-5-4-10(8)11-3-2-9(6-12(11)14)13(15,16)17;/h2-3,6,8,10,18H,4-5,7H2,1H3;1H. The van der Waals surface area contributed by atoms with Crippen molar-refractivity contribution in [1.82, 2.24) is 5.32 Å². The lowest BCUT2D eigenvalue weighted by Crippen LogP contribution is -2.34. The molecule has 19 heavy (non-hydrogen) atoms. The summed E-state index contributed by atoms with van der Waals surface area (Å²) in [6.07, 6.45) is -3.73. The molecule has 2 atom stereocenters. The highest BCUT2D eigenvalue weighted by Gasteiger charge is 2.32. The predicted molar refractivity (Wildman–Crippen MR) is 68.0 cm³/mol. The van der Waals surface area contributed by atoms with E-state index in [1.54, 1.807) is 0 Å². The first-order chi connectivity index (χ1) is 8.39. The fourth-order valence-corrected chi connectivity index (χ4v) is 2.48. The van der Waals surface area contributed by atoms with E-state index in [1.165, 1.54) is 6.07 Å². The minimum atomic E-state index is -4.49. The van der Waals surface area contributed by atoms with Crippen LogP contribution in [0, 0.1) is 11.7 Å². The lowest BCUT2D eigenvalue weighted by Gasteiger charge is -2.30. The molecular weight excluding hydrogens is 282 g/mol. The molecular formula is C13H16ClF4N. The number of halogens is 5. The van der Waals surface area contributed by atoms with Gasteiger partial charge in [-0.05, 0) is 49.0 Å². The molecule has 1 nitrogen and oxygen atoms in total. The molecule has 1 aromatic carbocycles. The van der Waals surface area contributed by atoms with E-state index in [9.17, 15) is 17.6 Å². The average molecular weight is 298 g/mol. The van der Waals surface area contributed by atoms with Crippen molar-refractivity contribution in [2.24, 2.45) is 5.92 Å². The van der Waals surface area contributed by atoms with Gasteiger partial charge in [0.15, 0.2) is 0 Å². The number of alkyl halides is 3. The third-order valence-corrected chi connectivity index (χ3v) is 3.51. The molecule has 0 radical (unpaired) electrons. The summed E-state index contributed by atoms with van der Waals surface area (Å²) in [4.78, 5) is 0. The van der Waals surface area contributed by atoms with Gasteiger partial charge in [0.05, 0.1) is 5.56 Å². The summed E-state index contributed by atoms with van der Waals surface area (Å²) in [5.74, 6) is -0.526. The van der Waals surface area contributed by atoms with Crippen molar-refractivity contribution in [3.63, 3.8) is 0 Å². The lowest BCUT2D eigenvalue weighted by atomic mass is 9.82.